The van der Waals surface area contributed by atoms with Crippen LogP contribution in [-0.2, 0) is 4.79 Å². The summed E-state index contributed by atoms with van der Waals surface area (Å²) >= 11 is 1.18. The average molecular weight is 436 g/mol. The Morgan fingerprint density at radius 2 is 2.00 bits per heavy atom. The molecule has 0 bridgehead atoms. The van der Waals surface area contributed by atoms with Crippen LogP contribution < -0.4 is 5.32 Å². The van der Waals surface area contributed by atoms with Crippen LogP contribution in [0.25, 0.3) is 5.78 Å². The first kappa shape index (κ1) is 20.2. The van der Waals surface area contributed by atoms with Gasteiger partial charge in [-0.05, 0) is 25.1 Å². The molecule has 0 radical (unpaired) electrons. The molecule has 1 amide bonds. The molecule has 12 heteroatoms. The van der Waals surface area contributed by atoms with Crippen LogP contribution in [0.15, 0.2) is 65.1 Å². The number of fused-ring (bicyclic) bond motifs is 1. The highest BCUT2D eigenvalue weighted by molar-refractivity contribution is 7.99. The van der Waals surface area contributed by atoms with Crippen LogP contribution in [0.2, 0.25) is 0 Å². The third-order valence-electron chi connectivity index (χ3n) is 4.20. The number of carbonyl (C=O) groups excluding carboxylic acids is 1. The molecule has 2 aromatic heterocycles. The molecule has 0 aliphatic carbocycles. The second-order valence-corrected chi connectivity index (χ2v) is 7.38. The minimum absolute atomic E-state index is 0.0558. The number of para-hydroxylation sites is 1. The third kappa shape index (κ3) is 4.59. The molecular formula is C19H16N8O3S. The maximum absolute atomic E-state index is 12.2. The summed E-state index contributed by atoms with van der Waals surface area (Å²) in [6, 6.07) is 13.8. The van der Waals surface area contributed by atoms with Gasteiger partial charge in [-0.3, -0.25) is 14.9 Å². The summed E-state index contributed by atoms with van der Waals surface area (Å²) in [5.41, 5.74) is 2.12. The Kier molecular flexibility index (Phi) is 5.71. The SMILES string of the molecule is Cc1ccc(NC(=O)CSc2nnc3n(/N=C\c4ccccc4[N+](=O)[O-])cnn23)cc1. The van der Waals surface area contributed by atoms with Crippen molar-refractivity contribution in [1.29, 1.82) is 0 Å². The number of aryl methyl sites for hydroxylation is 1. The fourth-order valence-electron chi connectivity index (χ4n) is 2.68. The van der Waals surface area contributed by atoms with Crippen LogP contribution in [0, 0.1) is 17.0 Å². The van der Waals surface area contributed by atoms with Gasteiger partial charge in [0, 0.05) is 11.8 Å². The van der Waals surface area contributed by atoms with E-state index in [1.165, 1.54) is 39.6 Å². The predicted molar refractivity (Wildman–Crippen MR) is 115 cm³/mol. The number of anilines is 1. The lowest BCUT2D eigenvalue weighted by atomic mass is 10.2. The zero-order chi connectivity index (χ0) is 21.8. The average Bonchev–Trinajstić information content (AvgIpc) is 3.35. The molecular weight excluding hydrogens is 420 g/mol. The summed E-state index contributed by atoms with van der Waals surface area (Å²) in [4.78, 5) is 22.8. The van der Waals surface area contributed by atoms with Crippen molar-refractivity contribution in [3.05, 3.63) is 76.1 Å². The molecule has 0 fully saturated rings. The fourth-order valence-corrected chi connectivity index (χ4v) is 3.36. The highest BCUT2D eigenvalue weighted by Crippen LogP contribution is 2.18. The maximum Gasteiger partial charge on any atom is 0.278 e. The van der Waals surface area contributed by atoms with E-state index in [-0.39, 0.29) is 17.3 Å². The van der Waals surface area contributed by atoms with E-state index in [9.17, 15) is 14.9 Å². The van der Waals surface area contributed by atoms with E-state index < -0.39 is 4.92 Å². The van der Waals surface area contributed by atoms with Crippen molar-refractivity contribution in [2.24, 2.45) is 5.10 Å². The first-order chi connectivity index (χ1) is 15.0. The normalized spacial score (nSPS) is 11.3. The zero-order valence-corrected chi connectivity index (χ0v) is 17.1. The van der Waals surface area contributed by atoms with Crippen molar-refractivity contribution >= 4 is 41.0 Å². The van der Waals surface area contributed by atoms with Gasteiger partial charge < -0.3 is 5.32 Å². The highest BCUT2D eigenvalue weighted by Gasteiger charge is 2.14. The Balaban J connectivity index is 1.44. The van der Waals surface area contributed by atoms with E-state index in [1.807, 2.05) is 31.2 Å². The van der Waals surface area contributed by atoms with Gasteiger partial charge in [0.1, 0.15) is 6.33 Å². The number of thioether (sulfide) groups is 1. The van der Waals surface area contributed by atoms with E-state index >= 15 is 0 Å². The molecule has 0 aliphatic heterocycles. The predicted octanol–water partition coefficient (Wildman–Crippen LogP) is 2.76. The number of aromatic nitrogens is 5. The van der Waals surface area contributed by atoms with Gasteiger partial charge >= 0.3 is 0 Å². The summed E-state index contributed by atoms with van der Waals surface area (Å²) in [5, 5.41) is 30.8. The summed E-state index contributed by atoms with van der Waals surface area (Å²) in [6.45, 7) is 1.97. The molecule has 0 aliphatic rings. The van der Waals surface area contributed by atoms with Crippen LogP contribution in [0.3, 0.4) is 0 Å². The monoisotopic (exact) mass is 436 g/mol. The molecule has 2 heterocycles. The van der Waals surface area contributed by atoms with Gasteiger partial charge in [-0.2, -0.15) is 19.4 Å². The summed E-state index contributed by atoms with van der Waals surface area (Å²) < 4.78 is 2.79. The quantitative estimate of drug-likeness (QED) is 0.204. The molecule has 0 spiro atoms. The third-order valence-corrected chi connectivity index (χ3v) is 5.12. The largest absolute Gasteiger partial charge is 0.325 e. The zero-order valence-electron chi connectivity index (χ0n) is 16.2. The smallest absolute Gasteiger partial charge is 0.278 e. The van der Waals surface area contributed by atoms with Crippen molar-refractivity contribution in [2.45, 2.75) is 12.1 Å². The van der Waals surface area contributed by atoms with Crippen LogP contribution in [0.4, 0.5) is 11.4 Å². The number of hydrogen-bond donors (Lipinski definition) is 1. The number of benzene rings is 2. The summed E-state index contributed by atoms with van der Waals surface area (Å²) in [6.07, 6.45) is 2.77. The minimum Gasteiger partial charge on any atom is -0.325 e. The minimum atomic E-state index is -0.474. The first-order valence-electron chi connectivity index (χ1n) is 9.07. The lowest BCUT2D eigenvalue weighted by molar-refractivity contribution is -0.385. The second kappa shape index (κ2) is 8.75. The number of nitrogens with zero attached hydrogens (tertiary/aromatic N) is 7. The van der Waals surface area contributed by atoms with E-state index in [1.54, 1.807) is 18.2 Å². The Bertz CT molecular complexity index is 1280. The van der Waals surface area contributed by atoms with E-state index in [0.29, 0.717) is 16.5 Å². The van der Waals surface area contributed by atoms with Crippen LogP contribution >= 0.6 is 11.8 Å². The number of nitro groups is 1. The second-order valence-electron chi connectivity index (χ2n) is 6.43. The van der Waals surface area contributed by atoms with Gasteiger partial charge in [0.25, 0.3) is 11.5 Å². The standard InChI is InChI=1S/C19H16N8O3S/c1-13-6-8-15(9-7-13)22-17(28)11-31-19-24-23-18-25(12-21-26(18)19)20-10-14-4-2-3-5-16(14)27(29)30/h2-10,12H,11H2,1H3,(H,22,28)/b20-10-. The molecule has 0 atom stereocenters. The lowest BCUT2D eigenvalue weighted by Crippen LogP contribution is -2.14. The van der Waals surface area contributed by atoms with Crippen molar-refractivity contribution in [2.75, 3.05) is 11.1 Å². The molecule has 0 saturated heterocycles. The molecule has 31 heavy (non-hydrogen) atoms. The van der Waals surface area contributed by atoms with Crippen LogP contribution in [0.1, 0.15) is 11.1 Å². The number of amides is 1. The Morgan fingerprint density at radius 3 is 2.77 bits per heavy atom. The highest BCUT2D eigenvalue weighted by atomic mass is 32.2. The van der Waals surface area contributed by atoms with E-state index in [2.05, 4.69) is 25.7 Å². The number of nitrogens with one attached hydrogen (secondary N) is 1. The number of hydrogen-bond acceptors (Lipinski definition) is 8. The van der Waals surface area contributed by atoms with E-state index in [0.717, 1.165) is 11.3 Å². The molecule has 0 unspecified atom stereocenters. The van der Waals surface area contributed by atoms with Gasteiger partial charge in [-0.1, -0.05) is 41.6 Å². The molecule has 4 aromatic rings. The van der Waals surface area contributed by atoms with Gasteiger partial charge in [0.15, 0.2) is 0 Å². The van der Waals surface area contributed by atoms with Gasteiger partial charge in [-0.25, -0.2) is 0 Å². The topological polar surface area (TPSA) is 133 Å². The number of nitro benzene ring substituents is 1. The van der Waals surface area contributed by atoms with Crippen molar-refractivity contribution < 1.29 is 9.72 Å². The maximum atomic E-state index is 12.2. The van der Waals surface area contributed by atoms with Crippen LogP contribution in [-0.4, -0.2) is 47.3 Å². The molecule has 0 saturated carbocycles. The summed E-state index contributed by atoms with van der Waals surface area (Å²) in [7, 11) is 0. The molecule has 1 N–H and O–H groups in total. The van der Waals surface area contributed by atoms with Gasteiger partial charge in [-0.15, -0.1) is 10.2 Å². The molecule has 4 rings (SSSR count). The van der Waals surface area contributed by atoms with E-state index in [4.69, 9.17) is 0 Å². The Morgan fingerprint density at radius 1 is 1.23 bits per heavy atom. The first-order valence-corrected chi connectivity index (χ1v) is 10.1. The molecule has 11 nitrogen and oxygen atoms in total. The van der Waals surface area contributed by atoms with Crippen molar-refractivity contribution in [1.82, 2.24) is 24.5 Å². The van der Waals surface area contributed by atoms with Gasteiger partial charge in [0.2, 0.25) is 11.1 Å². The molecule has 156 valence electrons. The number of rotatable bonds is 7. The lowest BCUT2D eigenvalue weighted by Gasteiger charge is -2.04. The van der Waals surface area contributed by atoms with Crippen LogP contribution in [0.5, 0.6) is 0 Å². The van der Waals surface area contributed by atoms with Crippen molar-refractivity contribution in [3.63, 3.8) is 0 Å². The number of carbonyl (C=O) groups is 1. The molecule has 2 aromatic carbocycles. The Labute approximate surface area is 179 Å². The Hall–Kier alpha value is -4.06. The summed E-state index contributed by atoms with van der Waals surface area (Å²) in [5.74, 6) is 0.261. The fraction of sp³-hybridized carbons (Fsp3) is 0.105. The van der Waals surface area contributed by atoms with Gasteiger partial charge in [0.05, 0.1) is 22.5 Å². The van der Waals surface area contributed by atoms with Crippen molar-refractivity contribution in [3.8, 4) is 0 Å².